The maximum Gasteiger partial charge on any atom is 0.573 e. The van der Waals surface area contributed by atoms with Gasteiger partial charge in [-0.3, -0.25) is 19.2 Å². The zero-order valence-electron chi connectivity index (χ0n) is 20.5. The molecular formula is C24H25F3N4O7S. The van der Waals surface area contributed by atoms with Crippen molar-refractivity contribution in [2.75, 3.05) is 19.6 Å². The number of sulfonamides is 1. The standard InChI is InChI=1S/C24H25F3N4O7S/c25-24(26,27)38-16-8-6-15(7-9-16)22(35)28-11-2-1-5-20(34)30-13-10-17-21(30)19(33)14-31(17)39(36,37)23-18(32)4-3-12-29-23/h3,6-9,12,17,21H,1-2,4-5,10-11,13-14H2,(H,28,35). The van der Waals surface area contributed by atoms with Gasteiger partial charge in [0.05, 0.1) is 12.6 Å². The summed E-state index contributed by atoms with van der Waals surface area (Å²) in [6.07, 6.45) is -1.14. The van der Waals surface area contributed by atoms with Gasteiger partial charge in [-0.05, 0) is 43.5 Å². The Morgan fingerprint density at radius 2 is 1.85 bits per heavy atom. The molecule has 0 bridgehead atoms. The van der Waals surface area contributed by atoms with Crippen molar-refractivity contribution in [3.63, 3.8) is 0 Å². The van der Waals surface area contributed by atoms with Gasteiger partial charge >= 0.3 is 6.36 Å². The summed E-state index contributed by atoms with van der Waals surface area (Å²) in [7, 11) is -4.29. The summed E-state index contributed by atoms with van der Waals surface area (Å²) >= 11 is 0. The molecule has 0 saturated carbocycles. The molecule has 1 aromatic carbocycles. The molecule has 11 nitrogen and oxygen atoms in total. The molecule has 0 aliphatic carbocycles. The quantitative estimate of drug-likeness (QED) is 0.468. The minimum atomic E-state index is -4.83. The van der Waals surface area contributed by atoms with Crippen molar-refractivity contribution in [2.24, 2.45) is 4.99 Å². The number of hydrogen-bond donors (Lipinski definition) is 1. The van der Waals surface area contributed by atoms with Crippen LogP contribution in [-0.2, 0) is 24.4 Å². The first-order valence-electron chi connectivity index (χ1n) is 12.1. The summed E-state index contributed by atoms with van der Waals surface area (Å²) in [5, 5.41) is 2.01. The monoisotopic (exact) mass is 570 g/mol. The molecule has 2 saturated heterocycles. The van der Waals surface area contributed by atoms with Gasteiger partial charge < -0.3 is 15.0 Å². The van der Waals surface area contributed by atoms with Crippen molar-refractivity contribution in [3.05, 3.63) is 42.1 Å². The lowest BCUT2D eigenvalue weighted by molar-refractivity contribution is -0.274. The summed E-state index contributed by atoms with van der Waals surface area (Å²) in [6.45, 7) is -0.0433. The lowest BCUT2D eigenvalue weighted by Crippen LogP contribution is -2.45. The molecule has 0 aromatic heterocycles. The average molecular weight is 571 g/mol. The number of unbranched alkanes of at least 4 members (excludes halogenated alkanes) is 1. The SMILES string of the molecule is O=C1CC=CN=C1S(=O)(=O)N1CC(=O)C2C1CCN2C(=O)CCCCNC(=O)c1ccc(OC(F)(F)F)cc1. The van der Waals surface area contributed by atoms with Crippen LogP contribution in [0.2, 0.25) is 0 Å². The number of aliphatic imine (C=N–C) groups is 1. The number of Topliss-reactive ketones (excluding diaryl/α,β-unsaturated/α-hetero) is 2. The Morgan fingerprint density at radius 1 is 1.13 bits per heavy atom. The molecule has 1 N–H and O–H groups in total. The summed E-state index contributed by atoms with van der Waals surface area (Å²) < 4.78 is 67.5. The van der Waals surface area contributed by atoms with E-state index in [0.29, 0.717) is 12.8 Å². The molecule has 3 aliphatic heterocycles. The number of amides is 2. The van der Waals surface area contributed by atoms with Crippen LogP contribution < -0.4 is 10.1 Å². The maximum absolute atomic E-state index is 13.0. The van der Waals surface area contributed by atoms with Crippen molar-refractivity contribution < 1.29 is 45.5 Å². The van der Waals surface area contributed by atoms with E-state index in [4.69, 9.17) is 0 Å². The first-order chi connectivity index (χ1) is 18.4. The highest BCUT2D eigenvalue weighted by atomic mass is 32.2. The Balaban J connectivity index is 1.24. The largest absolute Gasteiger partial charge is 0.573 e. The fourth-order valence-corrected chi connectivity index (χ4v) is 6.45. The van der Waals surface area contributed by atoms with E-state index < -0.39 is 63.3 Å². The second kappa shape index (κ2) is 11.3. The molecule has 0 spiro atoms. The number of hydrogen-bond acceptors (Lipinski definition) is 8. The Labute approximate surface area is 221 Å². The molecule has 3 heterocycles. The third kappa shape index (κ3) is 6.36. The fraction of sp³-hybridized carbons (Fsp3) is 0.458. The average Bonchev–Trinajstić information content (AvgIpc) is 3.45. The number of allylic oxidation sites excluding steroid dienone is 1. The summed E-state index contributed by atoms with van der Waals surface area (Å²) in [6, 6.07) is 2.75. The Bertz CT molecular complexity index is 1330. The minimum Gasteiger partial charge on any atom is -0.406 e. The first kappa shape index (κ1) is 28.4. The van der Waals surface area contributed by atoms with Crippen LogP contribution in [-0.4, -0.2) is 84.1 Å². The van der Waals surface area contributed by atoms with E-state index in [1.165, 1.54) is 29.3 Å². The highest BCUT2D eigenvalue weighted by Crippen LogP contribution is 2.33. The number of carbonyl (C=O) groups excluding carboxylic acids is 4. The van der Waals surface area contributed by atoms with Crippen LogP contribution >= 0.6 is 0 Å². The van der Waals surface area contributed by atoms with Crippen molar-refractivity contribution in [2.45, 2.75) is 50.6 Å². The van der Waals surface area contributed by atoms with Gasteiger partial charge in [-0.15, -0.1) is 13.2 Å². The number of fused-ring (bicyclic) bond motifs is 1. The van der Waals surface area contributed by atoms with E-state index in [0.717, 1.165) is 16.4 Å². The molecule has 39 heavy (non-hydrogen) atoms. The molecule has 15 heteroatoms. The third-order valence-corrected chi connectivity index (χ3v) is 8.38. The van der Waals surface area contributed by atoms with Gasteiger partial charge in [0.15, 0.2) is 11.6 Å². The number of halogens is 3. The van der Waals surface area contributed by atoms with E-state index in [1.807, 2.05) is 0 Å². The number of ketones is 2. The smallest absolute Gasteiger partial charge is 0.406 e. The normalized spacial score (nSPS) is 21.6. The molecular weight excluding hydrogens is 545 g/mol. The van der Waals surface area contributed by atoms with Gasteiger partial charge in [-0.2, -0.15) is 4.31 Å². The van der Waals surface area contributed by atoms with Crippen LogP contribution in [0.15, 0.2) is 41.5 Å². The minimum absolute atomic E-state index is 0.0680. The van der Waals surface area contributed by atoms with Crippen molar-refractivity contribution >= 4 is 38.4 Å². The summed E-state index contributed by atoms with van der Waals surface area (Å²) in [5.74, 6) is -2.35. The van der Waals surface area contributed by atoms with Crippen molar-refractivity contribution in [1.29, 1.82) is 0 Å². The summed E-state index contributed by atoms with van der Waals surface area (Å²) in [4.78, 5) is 54.9. The Hall–Kier alpha value is -3.59. The topological polar surface area (TPSA) is 143 Å². The van der Waals surface area contributed by atoms with Gasteiger partial charge in [-0.25, -0.2) is 13.4 Å². The lowest BCUT2D eigenvalue weighted by atomic mass is 10.1. The van der Waals surface area contributed by atoms with Crippen LogP contribution in [0.25, 0.3) is 0 Å². The van der Waals surface area contributed by atoms with Gasteiger partial charge in [-0.1, -0.05) is 6.08 Å². The second-order valence-corrected chi connectivity index (χ2v) is 10.9. The highest BCUT2D eigenvalue weighted by molar-refractivity contribution is 8.06. The number of nitrogens with zero attached hydrogens (tertiary/aromatic N) is 3. The number of nitrogens with one attached hydrogen (secondary N) is 1. The van der Waals surface area contributed by atoms with Crippen molar-refractivity contribution in [1.82, 2.24) is 14.5 Å². The molecule has 1 aromatic rings. The molecule has 0 radical (unpaired) electrons. The highest BCUT2D eigenvalue weighted by Gasteiger charge is 2.54. The lowest BCUT2D eigenvalue weighted by Gasteiger charge is -2.24. The van der Waals surface area contributed by atoms with Crippen LogP contribution in [0.5, 0.6) is 5.75 Å². The van der Waals surface area contributed by atoms with Crippen LogP contribution in [0.4, 0.5) is 13.2 Å². The van der Waals surface area contributed by atoms with Crippen LogP contribution in [0, 0.1) is 0 Å². The van der Waals surface area contributed by atoms with E-state index in [1.54, 1.807) is 0 Å². The van der Waals surface area contributed by atoms with E-state index in [2.05, 4.69) is 15.0 Å². The van der Waals surface area contributed by atoms with Gasteiger partial charge in [0.25, 0.3) is 15.9 Å². The number of ether oxygens (including phenoxy) is 1. The maximum atomic E-state index is 13.0. The van der Waals surface area contributed by atoms with E-state index in [9.17, 15) is 40.8 Å². The van der Waals surface area contributed by atoms with Crippen LogP contribution in [0.1, 0.15) is 42.5 Å². The second-order valence-electron chi connectivity index (χ2n) is 9.14. The zero-order valence-corrected chi connectivity index (χ0v) is 21.3. The first-order valence-corrected chi connectivity index (χ1v) is 13.6. The molecule has 2 unspecified atom stereocenters. The predicted octanol–water partition coefficient (Wildman–Crippen LogP) is 1.55. The molecule has 3 aliphatic rings. The predicted molar refractivity (Wildman–Crippen MR) is 130 cm³/mol. The zero-order chi connectivity index (χ0) is 28.4. The van der Waals surface area contributed by atoms with Crippen molar-refractivity contribution in [3.8, 4) is 5.75 Å². The van der Waals surface area contributed by atoms with Gasteiger partial charge in [0.1, 0.15) is 11.8 Å². The number of carbonyl (C=O) groups is 4. The number of benzene rings is 1. The third-order valence-electron chi connectivity index (χ3n) is 6.54. The Kier molecular flexibility index (Phi) is 8.20. The van der Waals surface area contributed by atoms with E-state index >= 15 is 0 Å². The van der Waals surface area contributed by atoms with Gasteiger partial charge in [0, 0.05) is 37.7 Å². The Morgan fingerprint density at radius 3 is 2.51 bits per heavy atom. The van der Waals surface area contributed by atoms with E-state index in [-0.39, 0.29) is 43.8 Å². The molecule has 2 amide bonds. The molecule has 2 atom stereocenters. The number of alkyl halides is 3. The summed E-state index contributed by atoms with van der Waals surface area (Å²) in [5.41, 5.74) is 0.139. The molecule has 4 rings (SSSR count). The van der Waals surface area contributed by atoms with Crippen LogP contribution in [0.3, 0.4) is 0 Å². The number of rotatable bonds is 8. The van der Waals surface area contributed by atoms with Gasteiger partial charge in [0.2, 0.25) is 11.0 Å². The molecule has 210 valence electrons. The fourth-order valence-electron chi connectivity index (χ4n) is 4.79. The number of likely N-dealkylation sites (tertiary alicyclic amines) is 1. The molecule has 2 fully saturated rings.